The van der Waals surface area contributed by atoms with E-state index in [4.69, 9.17) is 8.94 Å². The van der Waals surface area contributed by atoms with Crippen molar-refractivity contribution in [3.63, 3.8) is 0 Å². The van der Waals surface area contributed by atoms with Crippen molar-refractivity contribution in [2.75, 3.05) is 6.61 Å². The molecular weight excluding hydrogens is 260 g/mol. The summed E-state index contributed by atoms with van der Waals surface area (Å²) in [6.45, 7) is 5.12. The number of hydrogen-bond acceptors (Lipinski definition) is 5. The van der Waals surface area contributed by atoms with Crippen molar-refractivity contribution in [3.05, 3.63) is 41.2 Å². The van der Waals surface area contributed by atoms with E-state index in [0.717, 1.165) is 5.56 Å². The number of rotatable bonds is 5. The monoisotopic (exact) mass is 278 g/mol. The Kier molecular flexibility index (Phi) is 4.24. The number of hydrogen-bond donors (Lipinski definition) is 2. The van der Waals surface area contributed by atoms with Gasteiger partial charge in [0.1, 0.15) is 17.6 Å². The van der Waals surface area contributed by atoms with Gasteiger partial charge >= 0.3 is 0 Å². The molecular formula is C14H18N2O4. The largest absolute Gasteiger partial charge is 0.467 e. The van der Waals surface area contributed by atoms with Gasteiger partial charge in [-0.2, -0.15) is 0 Å². The van der Waals surface area contributed by atoms with Crippen LogP contribution in [0.5, 0.6) is 0 Å². The Hall–Kier alpha value is -2.08. The lowest BCUT2D eigenvalue weighted by molar-refractivity contribution is -0.123. The molecule has 0 radical (unpaired) electrons. The number of aliphatic hydroxyl groups excluding tert-OH is 1. The van der Waals surface area contributed by atoms with Gasteiger partial charge in [-0.15, -0.1) is 0 Å². The van der Waals surface area contributed by atoms with E-state index < -0.39 is 12.0 Å². The highest BCUT2D eigenvalue weighted by molar-refractivity contribution is 5.84. The number of carbonyl (C=O) groups excluding carboxylic acids is 1. The molecule has 2 heterocycles. The van der Waals surface area contributed by atoms with Crippen molar-refractivity contribution in [1.82, 2.24) is 10.5 Å². The lowest BCUT2D eigenvalue weighted by Crippen LogP contribution is -2.33. The highest BCUT2D eigenvalue weighted by Crippen LogP contribution is 2.24. The number of nitrogens with zero attached hydrogens (tertiary/aromatic N) is 1. The number of furan rings is 1. The van der Waals surface area contributed by atoms with E-state index in [1.807, 2.05) is 0 Å². The second-order valence-electron chi connectivity index (χ2n) is 4.72. The summed E-state index contributed by atoms with van der Waals surface area (Å²) in [7, 11) is 0. The average Bonchev–Trinajstić information content (AvgIpc) is 3.05. The van der Waals surface area contributed by atoms with Crippen LogP contribution in [-0.2, 0) is 4.79 Å². The normalized spacial score (nSPS) is 14.0. The summed E-state index contributed by atoms with van der Waals surface area (Å²) in [6.07, 6.45) is 1.50. The second-order valence-corrected chi connectivity index (χ2v) is 4.72. The number of amides is 1. The van der Waals surface area contributed by atoms with Crippen LogP contribution in [-0.4, -0.2) is 22.8 Å². The molecule has 20 heavy (non-hydrogen) atoms. The lowest BCUT2D eigenvalue weighted by atomic mass is 9.98. The molecule has 1 amide bonds. The van der Waals surface area contributed by atoms with Crippen molar-refractivity contribution in [1.29, 1.82) is 0 Å². The van der Waals surface area contributed by atoms with Gasteiger partial charge in [-0.25, -0.2) is 0 Å². The predicted molar refractivity (Wildman–Crippen MR) is 71.1 cm³/mol. The zero-order valence-corrected chi connectivity index (χ0v) is 11.7. The quantitative estimate of drug-likeness (QED) is 0.871. The first kappa shape index (κ1) is 14.3. The molecule has 6 nitrogen and oxygen atoms in total. The minimum atomic E-state index is -0.555. The average molecular weight is 278 g/mol. The fraction of sp³-hybridized carbons (Fsp3) is 0.429. The maximum absolute atomic E-state index is 12.3. The Balaban J connectivity index is 2.11. The van der Waals surface area contributed by atoms with E-state index in [9.17, 15) is 9.90 Å². The Morgan fingerprint density at radius 1 is 1.50 bits per heavy atom. The van der Waals surface area contributed by atoms with Crippen LogP contribution in [0.2, 0.25) is 0 Å². The van der Waals surface area contributed by atoms with Gasteiger partial charge in [0.05, 0.1) is 24.5 Å². The first-order valence-corrected chi connectivity index (χ1v) is 6.42. The van der Waals surface area contributed by atoms with Crippen LogP contribution < -0.4 is 5.32 Å². The summed E-state index contributed by atoms with van der Waals surface area (Å²) in [5, 5.41) is 16.0. The van der Waals surface area contributed by atoms with Gasteiger partial charge in [-0.05, 0) is 32.9 Å². The fourth-order valence-electron chi connectivity index (χ4n) is 2.23. The van der Waals surface area contributed by atoms with Crippen molar-refractivity contribution in [3.8, 4) is 0 Å². The molecule has 2 unspecified atom stereocenters. The molecule has 0 aliphatic carbocycles. The Morgan fingerprint density at radius 2 is 2.25 bits per heavy atom. The second kappa shape index (κ2) is 5.92. The van der Waals surface area contributed by atoms with Gasteiger partial charge < -0.3 is 19.4 Å². The highest BCUT2D eigenvalue weighted by Gasteiger charge is 2.25. The third-order valence-electron chi connectivity index (χ3n) is 3.30. The molecule has 0 saturated heterocycles. The number of nitrogens with one attached hydrogen (secondary N) is 1. The van der Waals surface area contributed by atoms with Gasteiger partial charge in [0.25, 0.3) is 0 Å². The summed E-state index contributed by atoms with van der Waals surface area (Å²) >= 11 is 0. The van der Waals surface area contributed by atoms with Crippen molar-refractivity contribution in [2.45, 2.75) is 32.7 Å². The minimum Gasteiger partial charge on any atom is -0.467 e. The molecule has 0 saturated carbocycles. The summed E-state index contributed by atoms with van der Waals surface area (Å²) in [4.78, 5) is 12.3. The lowest BCUT2D eigenvalue weighted by Gasteiger charge is -2.17. The van der Waals surface area contributed by atoms with E-state index in [1.54, 1.807) is 32.9 Å². The molecule has 108 valence electrons. The van der Waals surface area contributed by atoms with Gasteiger partial charge in [0, 0.05) is 5.56 Å². The SMILES string of the molecule is Cc1noc(C)c1C(C)C(=O)NC(CO)c1ccco1. The molecule has 0 bridgehead atoms. The van der Waals surface area contributed by atoms with E-state index in [1.165, 1.54) is 6.26 Å². The standard InChI is InChI=1S/C14H18N2O4/c1-8(13-9(2)16-20-10(13)3)14(18)15-11(7-17)12-5-4-6-19-12/h4-6,8,11,17H,7H2,1-3H3,(H,15,18). The summed E-state index contributed by atoms with van der Waals surface area (Å²) in [6, 6.07) is 2.87. The Labute approximate surface area is 116 Å². The molecule has 2 aromatic rings. The molecule has 2 rings (SSSR count). The molecule has 2 aromatic heterocycles. The van der Waals surface area contributed by atoms with E-state index in [-0.39, 0.29) is 12.5 Å². The minimum absolute atomic E-state index is 0.213. The van der Waals surface area contributed by atoms with Gasteiger partial charge in [0.15, 0.2) is 0 Å². The Morgan fingerprint density at radius 3 is 2.75 bits per heavy atom. The van der Waals surface area contributed by atoms with Crippen LogP contribution in [0.15, 0.2) is 27.3 Å². The molecule has 0 aliphatic heterocycles. The van der Waals surface area contributed by atoms with Crippen molar-refractivity contribution < 1.29 is 18.8 Å². The van der Waals surface area contributed by atoms with Crippen LogP contribution in [0, 0.1) is 13.8 Å². The van der Waals surface area contributed by atoms with E-state index in [2.05, 4.69) is 10.5 Å². The fourth-order valence-corrected chi connectivity index (χ4v) is 2.23. The maximum Gasteiger partial charge on any atom is 0.228 e. The zero-order chi connectivity index (χ0) is 14.7. The number of aliphatic hydroxyl groups is 1. The third-order valence-corrected chi connectivity index (χ3v) is 3.30. The maximum atomic E-state index is 12.3. The van der Waals surface area contributed by atoms with Gasteiger partial charge in [-0.1, -0.05) is 5.16 Å². The predicted octanol–water partition coefficient (Wildman–Crippen LogP) is 1.84. The van der Waals surface area contributed by atoms with Crippen LogP contribution >= 0.6 is 0 Å². The topological polar surface area (TPSA) is 88.5 Å². The molecule has 0 spiro atoms. The number of aromatic nitrogens is 1. The van der Waals surface area contributed by atoms with Gasteiger partial charge in [0.2, 0.25) is 5.91 Å². The van der Waals surface area contributed by atoms with Gasteiger partial charge in [-0.3, -0.25) is 4.79 Å². The highest BCUT2D eigenvalue weighted by atomic mass is 16.5. The molecule has 0 aromatic carbocycles. The molecule has 2 atom stereocenters. The van der Waals surface area contributed by atoms with Crippen LogP contribution in [0.3, 0.4) is 0 Å². The smallest absolute Gasteiger partial charge is 0.228 e. The number of carbonyl (C=O) groups is 1. The number of aryl methyl sites for hydroxylation is 2. The molecule has 0 fully saturated rings. The van der Waals surface area contributed by atoms with E-state index >= 15 is 0 Å². The van der Waals surface area contributed by atoms with Crippen molar-refractivity contribution >= 4 is 5.91 Å². The van der Waals surface area contributed by atoms with Crippen LogP contribution in [0.4, 0.5) is 0 Å². The first-order valence-electron chi connectivity index (χ1n) is 6.42. The molecule has 0 aliphatic rings. The third kappa shape index (κ3) is 2.75. The van der Waals surface area contributed by atoms with E-state index in [0.29, 0.717) is 17.2 Å². The van der Waals surface area contributed by atoms with Crippen molar-refractivity contribution in [2.24, 2.45) is 0 Å². The van der Waals surface area contributed by atoms with Crippen LogP contribution in [0.25, 0.3) is 0 Å². The first-order chi connectivity index (χ1) is 9.54. The summed E-state index contributed by atoms with van der Waals surface area (Å²) in [5.74, 6) is 0.524. The van der Waals surface area contributed by atoms with Crippen LogP contribution in [0.1, 0.15) is 41.7 Å². The zero-order valence-electron chi connectivity index (χ0n) is 11.7. The molecule has 6 heteroatoms. The summed E-state index contributed by atoms with van der Waals surface area (Å²) in [5.41, 5.74) is 1.47. The summed E-state index contributed by atoms with van der Waals surface area (Å²) < 4.78 is 10.3. The molecule has 2 N–H and O–H groups in total. The Bertz CT molecular complexity index is 555.